The van der Waals surface area contributed by atoms with Gasteiger partial charge in [0, 0.05) is 38.4 Å². The van der Waals surface area contributed by atoms with Gasteiger partial charge in [-0.3, -0.25) is 0 Å². The van der Waals surface area contributed by atoms with Gasteiger partial charge in [0.1, 0.15) is 5.82 Å². The second kappa shape index (κ2) is 7.26. The normalized spacial score (nSPS) is 19.2. The second-order valence-corrected chi connectivity index (χ2v) is 6.88. The monoisotopic (exact) mass is 368 g/mol. The molecule has 2 aliphatic heterocycles. The first-order valence-corrected chi connectivity index (χ1v) is 9.01. The highest BCUT2D eigenvalue weighted by molar-refractivity contribution is 5.89. The van der Waals surface area contributed by atoms with Gasteiger partial charge in [-0.25, -0.2) is 14.0 Å². The molecule has 4 amide bonds. The molecular formula is C20H21FN4O2. The third-order valence-corrected chi connectivity index (χ3v) is 5.03. The van der Waals surface area contributed by atoms with Crippen LogP contribution >= 0.6 is 0 Å². The number of urea groups is 2. The largest absolute Gasteiger partial charge is 0.321 e. The summed E-state index contributed by atoms with van der Waals surface area (Å²) in [6.07, 6.45) is 0. The number of fused-ring (bicyclic) bond motifs is 1. The van der Waals surface area contributed by atoms with E-state index in [1.807, 2.05) is 35.2 Å². The Kier molecular flexibility index (Phi) is 4.66. The van der Waals surface area contributed by atoms with E-state index in [1.54, 1.807) is 21.9 Å². The molecular weight excluding hydrogens is 347 g/mol. The van der Waals surface area contributed by atoms with Crippen molar-refractivity contribution in [1.29, 1.82) is 0 Å². The van der Waals surface area contributed by atoms with Crippen molar-refractivity contribution in [2.75, 3.05) is 31.5 Å². The minimum Gasteiger partial charge on any atom is -0.321 e. The second-order valence-electron chi connectivity index (χ2n) is 6.88. The summed E-state index contributed by atoms with van der Waals surface area (Å²) in [5, 5.41) is 2.89. The molecule has 7 heteroatoms. The lowest BCUT2D eigenvalue weighted by molar-refractivity contribution is 0.135. The summed E-state index contributed by atoms with van der Waals surface area (Å²) in [4.78, 5) is 30.5. The number of hydrogen-bond donors (Lipinski definition) is 1. The summed E-state index contributed by atoms with van der Waals surface area (Å²) in [6, 6.07) is 15.3. The molecule has 2 fully saturated rings. The molecule has 1 N–H and O–H groups in total. The zero-order chi connectivity index (χ0) is 18.8. The molecule has 1 atom stereocenters. The Bertz CT molecular complexity index is 828. The summed E-state index contributed by atoms with van der Waals surface area (Å²) in [5.41, 5.74) is 1.65. The molecule has 140 valence electrons. The lowest BCUT2D eigenvalue weighted by Crippen LogP contribution is -2.54. The van der Waals surface area contributed by atoms with Gasteiger partial charge in [0.15, 0.2) is 0 Å². The Morgan fingerprint density at radius 3 is 2.52 bits per heavy atom. The number of carbonyl (C=O) groups is 2. The van der Waals surface area contributed by atoms with Crippen LogP contribution in [0.3, 0.4) is 0 Å². The lowest BCUT2D eigenvalue weighted by atomic mass is 10.2. The van der Waals surface area contributed by atoms with Gasteiger partial charge in [-0.2, -0.15) is 0 Å². The highest BCUT2D eigenvalue weighted by atomic mass is 19.1. The minimum atomic E-state index is -0.288. The molecule has 27 heavy (non-hydrogen) atoms. The van der Waals surface area contributed by atoms with Gasteiger partial charge < -0.3 is 20.0 Å². The number of para-hydroxylation sites is 1. The van der Waals surface area contributed by atoms with Crippen LogP contribution in [0.1, 0.15) is 5.56 Å². The van der Waals surface area contributed by atoms with E-state index in [4.69, 9.17) is 0 Å². The van der Waals surface area contributed by atoms with Crippen LogP contribution in [0.4, 0.5) is 19.7 Å². The van der Waals surface area contributed by atoms with Gasteiger partial charge in [0.25, 0.3) is 0 Å². The van der Waals surface area contributed by atoms with Crippen molar-refractivity contribution >= 4 is 17.7 Å². The average molecular weight is 368 g/mol. The van der Waals surface area contributed by atoms with Crippen LogP contribution in [0.15, 0.2) is 54.6 Å². The minimum absolute atomic E-state index is 0.0202. The molecule has 2 aliphatic rings. The van der Waals surface area contributed by atoms with Crippen LogP contribution in [-0.2, 0) is 6.54 Å². The highest BCUT2D eigenvalue weighted by Crippen LogP contribution is 2.23. The molecule has 4 rings (SSSR count). The number of amides is 4. The van der Waals surface area contributed by atoms with E-state index >= 15 is 0 Å². The van der Waals surface area contributed by atoms with Crippen LogP contribution in [-0.4, -0.2) is 59.0 Å². The molecule has 0 radical (unpaired) electrons. The predicted molar refractivity (Wildman–Crippen MR) is 99.7 cm³/mol. The van der Waals surface area contributed by atoms with Gasteiger partial charge in [0.05, 0.1) is 6.04 Å². The van der Waals surface area contributed by atoms with Gasteiger partial charge in [-0.05, 0) is 29.8 Å². The number of anilines is 1. The lowest BCUT2D eigenvalue weighted by Gasteiger charge is -2.36. The quantitative estimate of drug-likeness (QED) is 0.906. The van der Waals surface area contributed by atoms with Crippen molar-refractivity contribution in [3.05, 3.63) is 66.0 Å². The summed E-state index contributed by atoms with van der Waals surface area (Å²) in [7, 11) is 0. The zero-order valence-corrected chi connectivity index (χ0v) is 14.8. The van der Waals surface area contributed by atoms with E-state index in [0.29, 0.717) is 32.7 Å². The predicted octanol–water partition coefficient (Wildman–Crippen LogP) is 2.98. The summed E-state index contributed by atoms with van der Waals surface area (Å²) >= 11 is 0. The maximum absolute atomic E-state index is 13.1. The Morgan fingerprint density at radius 1 is 1.04 bits per heavy atom. The van der Waals surface area contributed by atoms with Gasteiger partial charge in [0.2, 0.25) is 0 Å². The third kappa shape index (κ3) is 3.72. The highest BCUT2D eigenvalue weighted by Gasteiger charge is 2.41. The Balaban J connectivity index is 1.37. The SMILES string of the molecule is O=C(Nc1ccccc1)N1CCN2C(=O)N(Cc3ccc(F)cc3)CC2C1. The van der Waals surface area contributed by atoms with E-state index in [-0.39, 0.29) is 23.9 Å². The number of rotatable bonds is 3. The topological polar surface area (TPSA) is 55.9 Å². The van der Waals surface area contributed by atoms with Gasteiger partial charge in [-0.15, -0.1) is 0 Å². The Hall–Kier alpha value is -3.09. The smallest absolute Gasteiger partial charge is 0.321 e. The first-order chi connectivity index (χ1) is 13.1. The third-order valence-electron chi connectivity index (χ3n) is 5.03. The fourth-order valence-electron chi connectivity index (χ4n) is 3.63. The molecule has 0 spiro atoms. The van der Waals surface area contributed by atoms with Crippen LogP contribution in [0.25, 0.3) is 0 Å². The summed E-state index contributed by atoms with van der Waals surface area (Å²) < 4.78 is 13.1. The van der Waals surface area contributed by atoms with E-state index in [9.17, 15) is 14.0 Å². The molecule has 0 aromatic heterocycles. The zero-order valence-electron chi connectivity index (χ0n) is 14.8. The number of halogens is 1. The number of nitrogens with zero attached hydrogens (tertiary/aromatic N) is 3. The molecule has 2 aromatic carbocycles. The van der Waals surface area contributed by atoms with Crippen LogP contribution < -0.4 is 5.32 Å². The van der Waals surface area contributed by atoms with Crippen molar-refractivity contribution < 1.29 is 14.0 Å². The molecule has 6 nitrogen and oxygen atoms in total. The molecule has 2 aromatic rings. The fraction of sp³-hybridized carbons (Fsp3) is 0.300. The molecule has 2 heterocycles. The fourth-order valence-corrected chi connectivity index (χ4v) is 3.63. The average Bonchev–Trinajstić information content (AvgIpc) is 2.99. The van der Waals surface area contributed by atoms with E-state index in [0.717, 1.165) is 11.3 Å². The summed E-state index contributed by atoms with van der Waals surface area (Å²) in [6.45, 7) is 2.54. The number of piperazine rings is 1. The molecule has 2 saturated heterocycles. The van der Waals surface area contributed by atoms with E-state index < -0.39 is 0 Å². The first kappa shape index (κ1) is 17.3. The van der Waals surface area contributed by atoms with Gasteiger partial charge in [-0.1, -0.05) is 30.3 Å². The number of hydrogen-bond acceptors (Lipinski definition) is 2. The Morgan fingerprint density at radius 2 is 1.78 bits per heavy atom. The van der Waals surface area contributed by atoms with E-state index in [2.05, 4.69) is 5.32 Å². The van der Waals surface area contributed by atoms with Crippen molar-refractivity contribution in [2.45, 2.75) is 12.6 Å². The molecule has 1 unspecified atom stereocenters. The number of carbonyl (C=O) groups excluding carboxylic acids is 2. The standard InChI is InChI=1S/C20H21FN4O2/c21-16-8-6-15(7-9-16)12-24-14-18-13-23(10-11-25(18)20(24)27)19(26)22-17-4-2-1-3-5-17/h1-9,18H,10-14H2,(H,22,26). The molecule has 0 aliphatic carbocycles. The molecule has 0 bridgehead atoms. The number of benzene rings is 2. The molecule has 0 saturated carbocycles. The maximum Gasteiger partial charge on any atom is 0.321 e. The van der Waals surface area contributed by atoms with Crippen molar-refractivity contribution in [3.63, 3.8) is 0 Å². The van der Waals surface area contributed by atoms with Crippen molar-refractivity contribution in [1.82, 2.24) is 14.7 Å². The van der Waals surface area contributed by atoms with E-state index in [1.165, 1.54) is 12.1 Å². The van der Waals surface area contributed by atoms with Crippen LogP contribution in [0, 0.1) is 5.82 Å². The van der Waals surface area contributed by atoms with Crippen LogP contribution in [0.5, 0.6) is 0 Å². The van der Waals surface area contributed by atoms with Crippen molar-refractivity contribution in [3.8, 4) is 0 Å². The summed E-state index contributed by atoms with van der Waals surface area (Å²) in [5.74, 6) is -0.288. The first-order valence-electron chi connectivity index (χ1n) is 9.01. The van der Waals surface area contributed by atoms with Gasteiger partial charge >= 0.3 is 12.1 Å². The maximum atomic E-state index is 13.1. The van der Waals surface area contributed by atoms with Crippen LogP contribution in [0.2, 0.25) is 0 Å². The number of nitrogens with one attached hydrogen (secondary N) is 1. The van der Waals surface area contributed by atoms with Crippen molar-refractivity contribution in [2.24, 2.45) is 0 Å². The Labute approximate surface area is 157 Å².